The number of likely N-dealkylation sites (tertiary alicyclic amines) is 1. The van der Waals surface area contributed by atoms with Gasteiger partial charge in [-0.2, -0.15) is 0 Å². The predicted molar refractivity (Wildman–Crippen MR) is 120 cm³/mol. The number of rotatable bonds is 6. The molecule has 1 amide bonds. The Balaban J connectivity index is 1.39. The fourth-order valence-electron chi connectivity index (χ4n) is 4.21. The quantitative estimate of drug-likeness (QED) is 0.759. The summed E-state index contributed by atoms with van der Waals surface area (Å²) in [5.74, 6) is 1.16. The molecule has 0 spiro atoms. The molecule has 5 nitrogen and oxygen atoms in total. The summed E-state index contributed by atoms with van der Waals surface area (Å²) in [6.07, 6.45) is 3.84. The van der Waals surface area contributed by atoms with Crippen molar-refractivity contribution in [1.82, 2.24) is 15.2 Å². The molecular formula is C24H28ClN3O2. The standard InChI is InChI=1S/C24H28ClN3O2/c1-15-10-27-20(9-23(15)25)14-30-21-6-7-22-16(2)18(5-4-17(22)8-21)11-28-12-19(13-28)24(29)26-3/h6-10,19H,4-5,11-14H2,1-3H3,(H,26,29). The van der Waals surface area contributed by atoms with Crippen molar-refractivity contribution in [3.05, 3.63) is 63.4 Å². The second-order valence-corrected chi connectivity index (χ2v) is 8.67. The van der Waals surface area contributed by atoms with E-state index in [2.05, 4.69) is 34.3 Å². The van der Waals surface area contributed by atoms with E-state index in [-0.39, 0.29) is 11.8 Å². The van der Waals surface area contributed by atoms with Crippen LogP contribution in [0.4, 0.5) is 0 Å². The van der Waals surface area contributed by atoms with Gasteiger partial charge in [0, 0.05) is 37.9 Å². The van der Waals surface area contributed by atoms with E-state index in [1.54, 1.807) is 13.2 Å². The fraction of sp³-hybridized carbons (Fsp3) is 0.417. The van der Waals surface area contributed by atoms with Crippen LogP contribution in [0.15, 0.2) is 36.0 Å². The molecule has 158 valence electrons. The van der Waals surface area contributed by atoms with Crippen LogP contribution in [0.25, 0.3) is 5.57 Å². The molecule has 1 N–H and O–H groups in total. The van der Waals surface area contributed by atoms with E-state index in [4.69, 9.17) is 16.3 Å². The number of halogens is 1. The monoisotopic (exact) mass is 425 g/mol. The highest BCUT2D eigenvalue weighted by molar-refractivity contribution is 6.31. The summed E-state index contributed by atoms with van der Waals surface area (Å²) in [6.45, 7) is 7.22. The lowest BCUT2D eigenvalue weighted by Gasteiger charge is -2.39. The van der Waals surface area contributed by atoms with Crippen molar-refractivity contribution in [1.29, 1.82) is 0 Å². The second-order valence-electron chi connectivity index (χ2n) is 8.27. The minimum Gasteiger partial charge on any atom is -0.487 e. The zero-order valence-electron chi connectivity index (χ0n) is 17.8. The maximum absolute atomic E-state index is 11.7. The molecule has 0 atom stereocenters. The third-order valence-corrected chi connectivity index (χ3v) is 6.58. The number of carbonyl (C=O) groups is 1. The Kier molecular flexibility index (Phi) is 6.11. The number of pyridine rings is 1. The highest BCUT2D eigenvalue weighted by Crippen LogP contribution is 2.34. The number of ether oxygens (including phenoxy) is 1. The molecule has 0 radical (unpaired) electrons. The maximum atomic E-state index is 11.7. The van der Waals surface area contributed by atoms with Gasteiger partial charge in [-0.15, -0.1) is 0 Å². The van der Waals surface area contributed by atoms with Crippen LogP contribution in [0.3, 0.4) is 0 Å². The molecule has 1 aromatic heterocycles. The van der Waals surface area contributed by atoms with Crippen LogP contribution in [0.1, 0.15) is 35.7 Å². The SMILES string of the molecule is CNC(=O)C1CN(CC2=C(C)c3ccc(OCc4cc(Cl)c(C)cn4)cc3CC2)C1. The van der Waals surface area contributed by atoms with Gasteiger partial charge in [-0.3, -0.25) is 14.7 Å². The molecule has 2 aliphatic rings. The number of hydrogen-bond acceptors (Lipinski definition) is 4. The lowest BCUT2D eigenvalue weighted by atomic mass is 9.85. The maximum Gasteiger partial charge on any atom is 0.225 e. The molecule has 0 saturated carbocycles. The summed E-state index contributed by atoms with van der Waals surface area (Å²) >= 11 is 6.18. The van der Waals surface area contributed by atoms with Gasteiger partial charge in [0.05, 0.1) is 11.6 Å². The molecule has 2 aromatic rings. The number of amides is 1. The van der Waals surface area contributed by atoms with Gasteiger partial charge in [0.1, 0.15) is 12.4 Å². The third kappa shape index (κ3) is 4.37. The molecule has 2 heterocycles. The van der Waals surface area contributed by atoms with E-state index in [1.807, 2.05) is 19.1 Å². The van der Waals surface area contributed by atoms with Gasteiger partial charge < -0.3 is 10.1 Å². The molecular weight excluding hydrogens is 398 g/mol. The van der Waals surface area contributed by atoms with Gasteiger partial charge in [-0.05, 0) is 67.2 Å². The number of fused-ring (bicyclic) bond motifs is 1. The van der Waals surface area contributed by atoms with Crippen molar-refractivity contribution in [2.75, 3.05) is 26.7 Å². The molecule has 30 heavy (non-hydrogen) atoms. The number of aryl methyl sites for hydroxylation is 2. The molecule has 1 aliphatic carbocycles. The van der Waals surface area contributed by atoms with Crippen LogP contribution in [-0.4, -0.2) is 42.5 Å². The summed E-state index contributed by atoms with van der Waals surface area (Å²) < 4.78 is 5.97. The van der Waals surface area contributed by atoms with Crippen molar-refractivity contribution in [2.24, 2.45) is 5.92 Å². The molecule has 1 aliphatic heterocycles. The molecule has 1 saturated heterocycles. The number of hydrogen-bond donors (Lipinski definition) is 1. The van der Waals surface area contributed by atoms with Crippen LogP contribution >= 0.6 is 11.6 Å². The molecule has 0 bridgehead atoms. The average molecular weight is 426 g/mol. The first-order valence-corrected chi connectivity index (χ1v) is 10.8. The average Bonchev–Trinajstić information content (AvgIpc) is 2.72. The zero-order valence-corrected chi connectivity index (χ0v) is 18.6. The zero-order chi connectivity index (χ0) is 21.3. The van der Waals surface area contributed by atoms with Gasteiger partial charge in [-0.1, -0.05) is 23.2 Å². The second kappa shape index (κ2) is 8.78. The Bertz CT molecular complexity index is 996. The van der Waals surface area contributed by atoms with E-state index >= 15 is 0 Å². The molecule has 6 heteroatoms. The van der Waals surface area contributed by atoms with Crippen molar-refractivity contribution < 1.29 is 9.53 Å². The number of nitrogens with one attached hydrogen (secondary N) is 1. The Labute approximate surface area is 183 Å². The van der Waals surface area contributed by atoms with Crippen LogP contribution in [0, 0.1) is 12.8 Å². The summed E-state index contributed by atoms with van der Waals surface area (Å²) in [6, 6.07) is 8.21. The van der Waals surface area contributed by atoms with Crippen molar-refractivity contribution in [2.45, 2.75) is 33.3 Å². The van der Waals surface area contributed by atoms with Gasteiger partial charge >= 0.3 is 0 Å². The summed E-state index contributed by atoms with van der Waals surface area (Å²) in [5, 5.41) is 3.46. The van der Waals surface area contributed by atoms with Crippen LogP contribution in [0.2, 0.25) is 5.02 Å². The number of benzene rings is 1. The predicted octanol–water partition coefficient (Wildman–Crippen LogP) is 4.02. The number of nitrogens with zero attached hydrogens (tertiary/aromatic N) is 2. The summed E-state index contributed by atoms with van der Waals surface area (Å²) in [7, 11) is 1.71. The molecule has 1 fully saturated rings. The molecule has 0 unspecified atom stereocenters. The molecule has 1 aromatic carbocycles. The summed E-state index contributed by atoms with van der Waals surface area (Å²) in [5.41, 5.74) is 7.27. The largest absolute Gasteiger partial charge is 0.487 e. The van der Waals surface area contributed by atoms with Crippen LogP contribution < -0.4 is 10.1 Å². The van der Waals surface area contributed by atoms with Crippen LogP contribution in [-0.2, 0) is 17.8 Å². The van der Waals surface area contributed by atoms with E-state index in [9.17, 15) is 4.79 Å². The normalized spacial score (nSPS) is 16.8. The van der Waals surface area contributed by atoms with E-state index in [0.717, 1.165) is 49.5 Å². The number of allylic oxidation sites excluding steroid dienone is 1. The highest BCUT2D eigenvalue weighted by atomic mass is 35.5. The van der Waals surface area contributed by atoms with E-state index < -0.39 is 0 Å². The van der Waals surface area contributed by atoms with E-state index in [1.165, 1.54) is 22.3 Å². The van der Waals surface area contributed by atoms with Crippen molar-refractivity contribution >= 4 is 23.1 Å². The number of carbonyl (C=O) groups excluding carboxylic acids is 1. The first-order chi connectivity index (χ1) is 14.4. The third-order valence-electron chi connectivity index (χ3n) is 6.18. The number of aromatic nitrogens is 1. The summed E-state index contributed by atoms with van der Waals surface area (Å²) in [4.78, 5) is 18.4. The fourth-order valence-corrected chi connectivity index (χ4v) is 4.38. The Morgan fingerprint density at radius 1 is 1.27 bits per heavy atom. The van der Waals surface area contributed by atoms with Crippen molar-refractivity contribution in [3.8, 4) is 5.75 Å². The Morgan fingerprint density at radius 2 is 2.07 bits per heavy atom. The van der Waals surface area contributed by atoms with Gasteiger partial charge in [-0.25, -0.2) is 0 Å². The Morgan fingerprint density at radius 3 is 2.80 bits per heavy atom. The van der Waals surface area contributed by atoms with Crippen LogP contribution in [0.5, 0.6) is 5.75 Å². The first kappa shape index (κ1) is 20.9. The smallest absolute Gasteiger partial charge is 0.225 e. The topological polar surface area (TPSA) is 54.5 Å². The Hall–Kier alpha value is -2.37. The van der Waals surface area contributed by atoms with Gasteiger partial charge in [0.25, 0.3) is 0 Å². The molecule has 4 rings (SSSR count). The first-order valence-electron chi connectivity index (χ1n) is 10.4. The minimum absolute atomic E-state index is 0.143. The van der Waals surface area contributed by atoms with Gasteiger partial charge in [0.2, 0.25) is 5.91 Å². The van der Waals surface area contributed by atoms with Gasteiger partial charge in [0.15, 0.2) is 0 Å². The van der Waals surface area contributed by atoms with Crippen molar-refractivity contribution in [3.63, 3.8) is 0 Å². The lowest BCUT2D eigenvalue weighted by Crippen LogP contribution is -2.53. The highest BCUT2D eigenvalue weighted by Gasteiger charge is 2.32. The lowest BCUT2D eigenvalue weighted by molar-refractivity contribution is -0.129. The minimum atomic E-state index is 0.143. The van der Waals surface area contributed by atoms with E-state index in [0.29, 0.717) is 11.6 Å².